The van der Waals surface area contributed by atoms with Crippen molar-refractivity contribution in [1.29, 1.82) is 0 Å². The van der Waals surface area contributed by atoms with Crippen LogP contribution in [-0.4, -0.2) is 274 Å². The van der Waals surface area contributed by atoms with E-state index in [-0.39, 0.29) is 121 Å². The fourth-order valence-corrected chi connectivity index (χ4v) is 12.6. The second-order valence-electron chi connectivity index (χ2n) is 25.9. The Morgan fingerprint density at radius 1 is 0.592 bits per heavy atom. The number of nitrogens with zero attached hydrogens (tertiary/aromatic N) is 8. The van der Waals surface area contributed by atoms with Gasteiger partial charge in [0.2, 0.25) is 70.0 Å². The molecule has 0 spiro atoms. The van der Waals surface area contributed by atoms with E-state index in [0.717, 1.165) is 29.7 Å². The fraction of sp³-hybridized carbons (Fsp3) is 0.606. The minimum absolute atomic E-state index is 0.0195. The maximum atomic E-state index is 15.4. The average Bonchev–Trinajstić information content (AvgIpc) is 1.81. The quantitative estimate of drug-likeness (QED) is 0.0348. The number of hydrogen-bond donors (Lipinski definition) is 6. The molecule has 9 amide bonds. The maximum absolute atomic E-state index is 15.4. The summed E-state index contributed by atoms with van der Waals surface area (Å²) in [5, 5.41) is 20.7. The standard InChI is InChI=1S/C71H109N13O17S2/c1-6-98-50-75-39-63(86)79(35-28-54-18-10-8-11-19-54)48-70(93)84(57-20-12-9-13-21-57)49-69(92)78(34-17-15-32-73)43-67(90)82(41-56-24-27-60-61(38-56)101-52-100-60)45-64(87)80(36-29-55-22-25-58(26-23-55)103(74,96)97)44-66(89)81(40-53(3)4)46-68(91)83(51-99-7-2)47-65(88)77(33-16-14-31-72)42-62(85)76-59(71(94)95)30-37-102-5/h8,10-11,18-19,22-27,38,53,57,59,75H,6-7,9,12-17,20-21,28-37,39-52,72-73H2,1-5H3,(H,76,85)(H,94,95)(H2,74,96,97). The van der Waals surface area contributed by atoms with Crippen molar-refractivity contribution in [1.82, 2.24) is 49.8 Å². The second-order valence-corrected chi connectivity index (χ2v) is 28.4. The number of carboxylic acid groups (broad SMARTS) is 1. The Bertz CT molecular complexity index is 3310. The lowest BCUT2D eigenvalue weighted by molar-refractivity contribution is -0.151. The van der Waals surface area contributed by atoms with E-state index in [1.54, 1.807) is 31.4 Å². The molecule has 0 radical (unpaired) electrons. The van der Waals surface area contributed by atoms with E-state index in [4.69, 9.17) is 35.6 Å². The van der Waals surface area contributed by atoms with Gasteiger partial charge in [-0.1, -0.05) is 81.6 Å². The molecule has 1 unspecified atom stereocenters. The van der Waals surface area contributed by atoms with Crippen LogP contribution in [0.15, 0.2) is 77.7 Å². The normalized spacial score (nSPS) is 13.0. The van der Waals surface area contributed by atoms with Gasteiger partial charge in [0.15, 0.2) is 11.5 Å². The van der Waals surface area contributed by atoms with Crippen molar-refractivity contribution in [2.45, 2.75) is 128 Å². The molecule has 32 heteroatoms. The first-order chi connectivity index (χ1) is 49.4. The van der Waals surface area contributed by atoms with Gasteiger partial charge in [-0.15, -0.1) is 0 Å². The van der Waals surface area contributed by atoms with E-state index in [1.807, 2.05) is 51.1 Å². The summed E-state index contributed by atoms with van der Waals surface area (Å²) in [5.74, 6) is -5.82. The molecule has 1 saturated carbocycles. The van der Waals surface area contributed by atoms with Gasteiger partial charge in [-0.25, -0.2) is 18.4 Å². The highest BCUT2D eigenvalue weighted by Crippen LogP contribution is 2.33. The third-order valence-corrected chi connectivity index (χ3v) is 19.0. The minimum atomic E-state index is -4.09. The fourth-order valence-electron chi connectivity index (χ4n) is 11.7. The predicted octanol–water partition coefficient (Wildman–Crippen LogP) is 2.04. The number of sulfonamides is 1. The Labute approximate surface area is 610 Å². The highest BCUT2D eigenvalue weighted by atomic mass is 32.2. The summed E-state index contributed by atoms with van der Waals surface area (Å²) in [4.78, 5) is 154. The van der Waals surface area contributed by atoms with E-state index in [9.17, 15) is 42.3 Å². The molecule has 0 saturated heterocycles. The summed E-state index contributed by atoms with van der Waals surface area (Å²) in [7, 11) is -4.09. The monoisotopic (exact) mass is 1480 g/mol. The number of primary sulfonamides is 1. The predicted molar refractivity (Wildman–Crippen MR) is 388 cm³/mol. The SMILES string of the molecule is CCOCNCC(=O)N(CCc1ccccc1)CC(=O)N(CC(=O)N(CCCCN)CC(=O)N(CC(=O)N(CCc1ccc(S(N)(=O)=O)cc1)CC(=O)N(CC(=O)N(COCC)CC(=O)N(CCCCN)CC(=O)NC(CCSC)C(=O)O)CC(C)C)Cc1ccc2c(c1)OCO2)C1CCCCC1. The zero-order valence-corrected chi connectivity index (χ0v) is 62.1. The number of benzene rings is 3. The Morgan fingerprint density at radius 3 is 1.70 bits per heavy atom. The molecular weight excluding hydrogens is 1370 g/mol. The molecule has 30 nitrogen and oxygen atoms in total. The number of thioether (sulfide) groups is 1. The van der Waals surface area contributed by atoms with Crippen LogP contribution in [0, 0.1) is 5.92 Å². The Morgan fingerprint density at radius 2 is 1.11 bits per heavy atom. The third kappa shape index (κ3) is 30.7. The largest absolute Gasteiger partial charge is 0.480 e. The summed E-state index contributed by atoms with van der Waals surface area (Å²) < 4.78 is 46.9. The van der Waals surface area contributed by atoms with Crippen LogP contribution < -0.4 is 36.7 Å². The lowest BCUT2D eigenvalue weighted by Gasteiger charge is -2.37. The molecular formula is C71H109N13O17S2. The molecule has 1 heterocycles. The lowest BCUT2D eigenvalue weighted by atomic mass is 9.94. The number of hydrogen-bond acceptors (Lipinski definition) is 20. The van der Waals surface area contributed by atoms with Crippen molar-refractivity contribution in [3.63, 3.8) is 0 Å². The van der Waals surface area contributed by atoms with E-state index in [2.05, 4.69) is 10.6 Å². The molecule has 0 aromatic heterocycles. The second kappa shape index (κ2) is 46.0. The molecule has 103 heavy (non-hydrogen) atoms. The molecule has 3 aromatic rings. The van der Waals surface area contributed by atoms with Crippen LogP contribution in [0.25, 0.3) is 0 Å². The summed E-state index contributed by atoms with van der Waals surface area (Å²) >= 11 is 1.41. The van der Waals surface area contributed by atoms with Crippen LogP contribution in [0.1, 0.15) is 109 Å². The summed E-state index contributed by atoms with van der Waals surface area (Å²) in [5.41, 5.74) is 13.8. The van der Waals surface area contributed by atoms with E-state index < -0.39 is 122 Å². The van der Waals surface area contributed by atoms with Crippen molar-refractivity contribution in [2.75, 3.05) is 150 Å². The number of unbranched alkanes of at least 4 members (excludes halogenated alkanes) is 2. The number of nitrogens with two attached hydrogens (primary N) is 3. The first-order valence-electron chi connectivity index (χ1n) is 35.4. The molecule has 5 rings (SSSR count). The minimum Gasteiger partial charge on any atom is -0.480 e. The third-order valence-electron chi connectivity index (χ3n) is 17.4. The van der Waals surface area contributed by atoms with Crippen LogP contribution >= 0.6 is 11.8 Å². The van der Waals surface area contributed by atoms with Crippen LogP contribution in [0.2, 0.25) is 0 Å². The first kappa shape index (κ1) is 85.7. The van der Waals surface area contributed by atoms with Crippen molar-refractivity contribution in [3.05, 3.63) is 89.5 Å². The maximum Gasteiger partial charge on any atom is 0.326 e. The van der Waals surface area contributed by atoms with Crippen molar-refractivity contribution in [2.24, 2.45) is 22.5 Å². The average molecular weight is 1480 g/mol. The Balaban J connectivity index is 1.49. The summed E-state index contributed by atoms with van der Waals surface area (Å²) in [6.07, 6.45) is 7.92. The number of aliphatic carboxylic acids is 1. The van der Waals surface area contributed by atoms with Gasteiger partial charge in [0.1, 0.15) is 32.4 Å². The van der Waals surface area contributed by atoms with Gasteiger partial charge in [0, 0.05) is 58.5 Å². The molecule has 3 aromatic carbocycles. The first-order valence-corrected chi connectivity index (χ1v) is 38.4. The molecule has 1 atom stereocenters. The highest BCUT2D eigenvalue weighted by molar-refractivity contribution is 7.98. The lowest BCUT2D eigenvalue weighted by Crippen LogP contribution is -2.54. The van der Waals surface area contributed by atoms with Crippen molar-refractivity contribution >= 4 is 80.9 Å². The molecule has 9 N–H and O–H groups in total. The summed E-state index contributed by atoms with van der Waals surface area (Å²) in [6, 6.07) is 18.6. The van der Waals surface area contributed by atoms with Gasteiger partial charge in [-0.05, 0) is 144 Å². The molecule has 1 aliphatic heterocycles. The van der Waals surface area contributed by atoms with Crippen molar-refractivity contribution in [3.8, 4) is 11.5 Å². The Hall–Kier alpha value is -7.98. The van der Waals surface area contributed by atoms with Crippen LogP contribution in [0.5, 0.6) is 11.5 Å². The van der Waals surface area contributed by atoms with Gasteiger partial charge in [0.05, 0.1) is 50.9 Å². The number of carbonyl (C=O) groups is 10. The van der Waals surface area contributed by atoms with Gasteiger partial charge in [0.25, 0.3) is 0 Å². The van der Waals surface area contributed by atoms with Crippen molar-refractivity contribution < 1.29 is 80.4 Å². The smallest absolute Gasteiger partial charge is 0.326 e. The number of rotatable bonds is 49. The molecule has 0 bridgehead atoms. The number of amides is 9. The summed E-state index contributed by atoms with van der Waals surface area (Å²) in [6.45, 7) is 3.29. The van der Waals surface area contributed by atoms with Gasteiger partial charge < -0.3 is 80.0 Å². The topological polar surface area (TPSA) is 390 Å². The number of carbonyl (C=O) groups excluding carboxylic acids is 9. The van der Waals surface area contributed by atoms with Crippen LogP contribution in [0.4, 0.5) is 0 Å². The van der Waals surface area contributed by atoms with Crippen LogP contribution in [-0.2, 0) is 86.8 Å². The van der Waals surface area contributed by atoms with Crippen LogP contribution in [0.3, 0.4) is 0 Å². The molecule has 1 fully saturated rings. The molecule has 1 aliphatic carbocycles. The van der Waals surface area contributed by atoms with Gasteiger partial charge in [-0.3, -0.25) is 48.5 Å². The molecule has 2 aliphatic rings. The zero-order valence-electron chi connectivity index (χ0n) is 60.5. The van der Waals surface area contributed by atoms with E-state index in [1.165, 1.54) is 70.3 Å². The highest BCUT2D eigenvalue weighted by Gasteiger charge is 2.35. The zero-order chi connectivity index (χ0) is 75.3. The van der Waals surface area contributed by atoms with Gasteiger partial charge in [-0.2, -0.15) is 11.8 Å². The van der Waals surface area contributed by atoms with E-state index in [0.29, 0.717) is 79.9 Å². The Kier molecular flexibility index (Phi) is 38.2. The number of carboxylic acids is 1. The number of ether oxygens (including phenoxy) is 4. The number of nitrogens with one attached hydrogen (secondary N) is 2. The molecule has 572 valence electrons. The van der Waals surface area contributed by atoms with E-state index >= 15 is 19.2 Å². The number of fused-ring (bicyclic) bond motifs is 1. The van der Waals surface area contributed by atoms with Gasteiger partial charge >= 0.3 is 5.97 Å².